The lowest BCUT2D eigenvalue weighted by Gasteiger charge is -2.32. The summed E-state index contributed by atoms with van der Waals surface area (Å²) >= 11 is 0. The van der Waals surface area contributed by atoms with Crippen molar-refractivity contribution in [3.8, 4) is 0 Å². The summed E-state index contributed by atoms with van der Waals surface area (Å²) < 4.78 is 0. The van der Waals surface area contributed by atoms with Gasteiger partial charge in [-0.15, -0.1) is 0 Å². The number of carboxylic acids is 4. The molecule has 9 rings (SSSR count). The van der Waals surface area contributed by atoms with Gasteiger partial charge in [-0.25, -0.2) is 4.98 Å². The van der Waals surface area contributed by atoms with Crippen LogP contribution >= 0.6 is 21.6 Å². The maximum atomic E-state index is 15.7. The Kier molecular flexibility index (Phi) is 44.9. The number of nitrogens with zero attached hydrogens (tertiary/aromatic N) is 6. The molecule has 0 bridgehead atoms. The van der Waals surface area contributed by atoms with Crippen LogP contribution in [-0.2, 0) is 126 Å². The predicted octanol–water partition coefficient (Wildman–Crippen LogP) is -6.29. The molecule has 2 aliphatic heterocycles. The molecule has 148 heavy (non-hydrogen) atoms. The second-order valence-electron chi connectivity index (χ2n) is 36.2. The van der Waals surface area contributed by atoms with Gasteiger partial charge in [0.25, 0.3) is 0 Å². The van der Waals surface area contributed by atoms with E-state index in [0.717, 1.165) is 18.7 Å². The Morgan fingerprint density at radius 2 is 0.926 bits per heavy atom. The van der Waals surface area contributed by atoms with Crippen LogP contribution in [0.4, 0.5) is 0 Å². The van der Waals surface area contributed by atoms with E-state index in [-0.39, 0.29) is 123 Å². The molecule has 0 radical (unpaired) electrons. The minimum absolute atomic E-state index is 0.0345. The average molecular weight is 2100 g/mol. The van der Waals surface area contributed by atoms with Gasteiger partial charge >= 0.3 is 23.9 Å². The van der Waals surface area contributed by atoms with Crippen molar-refractivity contribution in [2.45, 2.75) is 177 Å². The van der Waals surface area contributed by atoms with Gasteiger partial charge in [-0.3, -0.25) is 120 Å². The van der Waals surface area contributed by atoms with Crippen LogP contribution in [0.3, 0.4) is 0 Å². The predicted molar refractivity (Wildman–Crippen MR) is 535 cm³/mol. The van der Waals surface area contributed by atoms with E-state index in [0.29, 0.717) is 71.0 Å². The number of rotatable bonds is 44. The Labute approximate surface area is 855 Å². The number of aliphatic hydroxyl groups is 1. The Hall–Kier alpha value is -15.1. The number of aromatic amines is 4. The highest BCUT2D eigenvalue weighted by Crippen LogP contribution is 2.27. The minimum atomic E-state index is -2.21. The quantitative estimate of drug-likeness (QED) is 0.0125. The fourth-order valence-corrected chi connectivity index (χ4v) is 19.0. The molecule has 3 aromatic carbocycles. The summed E-state index contributed by atoms with van der Waals surface area (Å²) in [5.74, 6) is -26.5. The van der Waals surface area contributed by atoms with Gasteiger partial charge in [-0.1, -0.05) is 96.5 Å². The minimum Gasteiger partial charge on any atom is -0.481 e. The van der Waals surface area contributed by atoms with Crippen molar-refractivity contribution in [1.82, 2.24) is 119 Å². The van der Waals surface area contributed by atoms with Crippen molar-refractivity contribution >= 4 is 179 Å². The zero-order chi connectivity index (χ0) is 108. The van der Waals surface area contributed by atoms with Crippen molar-refractivity contribution in [2.24, 2.45) is 23.1 Å². The van der Waals surface area contributed by atoms with Crippen LogP contribution in [0.1, 0.15) is 95.0 Å². The molecular formula is C94H128N26O26S2. The number of carbonyl (C=O) groups excluding carboxylic acids is 17. The second kappa shape index (κ2) is 57.1. The SMILES string of the molecule is CC[C@H](C)[C@H](NC(=O)[C@@H](NC(=O)[C@H](Cc1c[nH]c2ccccc12)NC(C)=O)[C@@H](C)O)C(=O)N[C@H]1CSSC[C@@H](C(=O)N[C@@H](Cc2c[nH]c3ccccc23)C(=O)N(C)CC(=O)N[C@H](CCCCNC(=O)CN2CCN(CC(=O)O)CCN(CC(=O)O)CCN(CC(=O)O)CC2)C(N)=O)NC(=O)[C@H](CC(=O)O)NC(=O)[C@H](Cc2cnc[nH]2)NC(=O)[C@H](Cc2c[nH]c3ccccc23)NC(=O)[C@H](CC(N)=O)NC(=O)[C@H](CC(N)=O)NC1=O. The van der Waals surface area contributed by atoms with Gasteiger partial charge in [0, 0.05) is 173 Å². The van der Waals surface area contributed by atoms with E-state index in [2.05, 4.69) is 94.0 Å². The lowest BCUT2D eigenvalue weighted by molar-refractivity contribution is -0.142. The van der Waals surface area contributed by atoms with Gasteiger partial charge in [0.05, 0.1) is 64.4 Å². The first-order chi connectivity index (χ1) is 70.4. The van der Waals surface area contributed by atoms with Crippen molar-refractivity contribution < 1.29 is 126 Å². The molecule has 0 spiro atoms. The number of benzene rings is 3. The third-order valence-corrected chi connectivity index (χ3v) is 27.1. The van der Waals surface area contributed by atoms with Crippen LogP contribution in [0.15, 0.2) is 104 Å². The first kappa shape index (κ1) is 116. The molecule has 2 aliphatic rings. The molecule has 28 N–H and O–H groups in total. The van der Waals surface area contributed by atoms with Gasteiger partial charge in [0.15, 0.2) is 0 Å². The summed E-state index contributed by atoms with van der Waals surface area (Å²) in [5.41, 5.74) is 20.5. The fourth-order valence-electron chi connectivity index (χ4n) is 16.7. The number of aromatic nitrogens is 5. The van der Waals surface area contributed by atoms with Gasteiger partial charge in [-0.2, -0.15) is 0 Å². The molecule has 52 nitrogen and oxygen atoms in total. The zero-order valence-electron chi connectivity index (χ0n) is 82.0. The number of carbonyl (C=O) groups is 21. The van der Waals surface area contributed by atoms with Gasteiger partial charge in [-0.05, 0) is 67.0 Å². The highest BCUT2D eigenvalue weighted by molar-refractivity contribution is 8.76. The fraction of sp³-hybridized carbons (Fsp3) is 0.489. The van der Waals surface area contributed by atoms with E-state index < -0.39 is 265 Å². The molecule has 0 saturated carbocycles. The number of H-pyrrole nitrogens is 4. The number of nitrogens with one attached hydrogen (secondary N) is 17. The lowest BCUT2D eigenvalue weighted by Crippen LogP contribution is -2.63. The van der Waals surface area contributed by atoms with Crippen LogP contribution in [0.25, 0.3) is 32.7 Å². The van der Waals surface area contributed by atoms with Crippen molar-refractivity contribution in [3.05, 3.63) is 126 Å². The molecule has 54 heteroatoms. The topological polar surface area (TPSA) is 786 Å². The number of aliphatic hydroxyl groups excluding tert-OH is 1. The van der Waals surface area contributed by atoms with Crippen molar-refractivity contribution in [3.63, 3.8) is 0 Å². The van der Waals surface area contributed by atoms with E-state index in [4.69, 9.17) is 17.2 Å². The standard InChI is InChI=1S/C94H128N26O26S2/c1-6-50(2)81(114-93(145)82(51(3)121)115-89(141)64(104-52(4)122)31-53-38-100-60-18-10-7-15-57(53)60)92(144)113-72-48-148-147-47-71(112-88(140)69(37-77(127)128)110-85(137)66(34-56-41-98-49-103-56)107-84(136)65(32-54-39-101-61-19-11-8-16-58(54)61)106-86(138)67(35-73(95)123)108-87(139)68(36-74(96)124)109-90(72)142)91(143)111-70(33-55-40-102-62-20-12-9-17-59(55)62)94(146)116(5)42-76(126)105-63(83(97)135)21-13-14-22-99-75(125)43-117-23-25-118(44-78(129)130)27-29-120(46-80(133)134)30-28-119(26-24-117)45-79(131)132/h7-12,15-20,38-41,49-51,63-72,81-82,100-102,121H,6,13-14,21-37,42-48H2,1-5H3,(H2,95,123)(H2,96,124)(H2,97,135)(H,98,103)(H,99,125)(H,104,122)(H,105,126)(H,106,138)(H,107,136)(H,108,139)(H,109,142)(H,110,137)(H,111,143)(H,112,140)(H,113,144)(H,114,145)(H,115,141)(H,127,128)(H,129,130)(H,131,132)(H,133,134)/t50-,51+,63+,64-,65-,66-,67-,68-,69-,70-,71-,72-,81-,82-/m0/s1. The number of para-hydroxylation sites is 3. The highest BCUT2D eigenvalue weighted by Gasteiger charge is 2.42. The monoisotopic (exact) mass is 2100 g/mol. The van der Waals surface area contributed by atoms with E-state index >= 15 is 33.6 Å². The maximum absolute atomic E-state index is 15.7. The second-order valence-corrected chi connectivity index (χ2v) is 38.7. The number of fused-ring (bicyclic) bond motifs is 3. The van der Waals surface area contributed by atoms with Crippen molar-refractivity contribution in [1.29, 1.82) is 0 Å². The number of hydrogen-bond acceptors (Lipinski definition) is 29. The molecule has 17 amide bonds. The zero-order valence-corrected chi connectivity index (χ0v) is 83.7. The molecule has 7 aromatic rings. The summed E-state index contributed by atoms with van der Waals surface area (Å²) in [6.07, 6.45) is 0.816. The van der Waals surface area contributed by atoms with Crippen LogP contribution in [-0.4, -0.2) is 388 Å². The third-order valence-electron chi connectivity index (χ3n) is 24.7. The summed E-state index contributed by atoms with van der Waals surface area (Å²) in [6, 6.07) is -1.69. The molecule has 14 atom stereocenters. The smallest absolute Gasteiger partial charge is 0.317 e. The van der Waals surface area contributed by atoms with Crippen molar-refractivity contribution in [2.75, 3.05) is 110 Å². The third kappa shape index (κ3) is 36.8. The molecule has 0 unspecified atom stereocenters. The van der Waals surface area contributed by atoms with Gasteiger partial charge in [0.1, 0.15) is 72.5 Å². The number of amides is 17. The van der Waals surface area contributed by atoms with Crippen LogP contribution < -0.4 is 86.3 Å². The molecule has 802 valence electrons. The molecule has 2 fully saturated rings. The van der Waals surface area contributed by atoms with E-state index in [1.807, 2.05) is 0 Å². The summed E-state index contributed by atoms with van der Waals surface area (Å²) in [7, 11) is 2.46. The summed E-state index contributed by atoms with van der Waals surface area (Å²) in [4.78, 5) is 318. The Morgan fingerprint density at radius 3 is 1.40 bits per heavy atom. The normalized spacial score (nSPS) is 19.8. The number of imidazole rings is 1. The largest absolute Gasteiger partial charge is 0.481 e. The van der Waals surface area contributed by atoms with Crippen LogP contribution in [0.5, 0.6) is 0 Å². The Bertz CT molecular complexity index is 5870. The first-order valence-electron chi connectivity index (χ1n) is 47.7. The lowest BCUT2D eigenvalue weighted by atomic mass is 9.97. The van der Waals surface area contributed by atoms with E-state index in [9.17, 15) is 92.7 Å². The highest BCUT2D eigenvalue weighted by atomic mass is 33.1. The summed E-state index contributed by atoms with van der Waals surface area (Å²) in [5, 5.41) is 85.1. The Morgan fingerprint density at radius 1 is 0.480 bits per heavy atom. The van der Waals surface area contributed by atoms with E-state index in [1.54, 1.807) is 106 Å². The van der Waals surface area contributed by atoms with Crippen LogP contribution in [0, 0.1) is 5.92 Å². The summed E-state index contributed by atoms with van der Waals surface area (Å²) in [6.45, 7) is 4.46. The Balaban J connectivity index is 1.02. The molecule has 4 aromatic heterocycles. The molecule has 6 heterocycles. The number of likely N-dealkylation sites (N-methyl/N-ethyl adjacent to an activating group) is 1. The number of aliphatic carboxylic acids is 4. The van der Waals surface area contributed by atoms with Gasteiger partial charge in [0.2, 0.25) is 100 Å². The number of nitrogens with two attached hydrogens (primary N) is 3. The number of unbranched alkanes of at least 4 members (excludes halogenated alkanes) is 1. The number of primary amides is 3. The maximum Gasteiger partial charge on any atom is 0.317 e. The average Bonchev–Trinajstić information content (AvgIpc) is 1.66. The molecule has 2 saturated heterocycles. The molecular weight excluding hydrogens is 1970 g/mol. The van der Waals surface area contributed by atoms with Crippen LogP contribution in [0.2, 0.25) is 0 Å². The first-order valence-corrected chi connectivity index (χ1v) is 50.2. The van der Waals surface area contributed by atoms with E-state index in [1.165, 1.54) is 38.9 Å². The number of carboxylic acid groups (broad SMARTS) is 4. The molecule has 0 aliphatic carbocycles. The van der Waals surface area contributed by atoms with Gasteiger partial charge < -0.3 is 137 Å². The number of hydrogen-bond donors (Lipinski definition) is 25.